The Labute approximate surface area is 121 Å². The molecule has 0 spiro atoms. The van der Waals surface area contributed by atoms with E-state index in [9.17, 15) is 18.5 Å². The van der Waals surface area contributed by atoms with Crippen molar-refractivity contribution >= 4 is 27.5 Å². The molecule has 0 amide bonds. The van der Waals surface area contributed by atoms with Crippen LogP contribution in [0.1, 0.15) is 5.56 Å². The number of rotatable bonds is 5. The number of nitrogens with zero attached hydrogens (tertiary/aromatic N) is 1. The first-order valence-electron chi connectivity index (χ1n) is 5.97. The van der Waals surface area contributed by atoms with Gasteiger partial charge in [-0.15, -0.1) is 0 Å². The molecule has 0 atom stereocenters. The number of hydrogen-bond donors (Lipinski definition) is 1. The molecule has 0 aliphatic heterocycles. The molecule has 2 aromatic rings. The van der Waals surface area contributed by atoms with E-state index in [1.807, 2.05) is 6.07 Å². The third-order valence-electron chi connectivity index (χ3n) is 2.58. The Balaban J connectivity index is 2.10. The summed E-state index contributed by atoms with van der Waals surface area (Å²) in [7, 11) is -3.67. The Morgan fingerprint density at radius 1 is 1.00 bits per heavy atom. The molecular formula is C14H12N2O4S. The van der Waals surface area contributed by atoms with Gasteiger partial charge in [0.1, 0.15) is 0 Å². The van der Waals surface area contributed by atoms with Crippen LogP contribution >= 0.6 is 0 Å². The predicted octanol–water partition coefficient (Wildman–Crippen LogP) is 3.01. The van der Waals surface area contributed by atoms with E-state index >= 15 is 0 Å². The van der Waals surface area contributed by atoms with Crippen molar-refractivity contribution in [3.63, 3.8) is 0 Å². The smallest absolute Gasteiger partial charge is 0.269 e. The van der Waals surface area contributed by atoms with Gasteiger partial charge in [0.25, 0.3) is 15.7 Å². The minimum Gasteiger partial charge on any atom is -0.280 e. The minimum absolute atomic E-state index is 0.0993. The number of anilines is 1. The number of nitro groups is 1. The molecule has 0 fully saturated rings. The Hall–Kier alpha value is -2.67. The molecule has 0 aliphatic rings. The molecule has 21 heavy (non-hydrogen) atoms. The fraction of sp³-hybridized carbons (Fsp3) is 0. The summed E-state index contributed by atoms with van der Waals surface area (Å²) < 4.78 is 26.0. The summed E-state index contributed by atoms with van der Waals surface area (Å²) >= 11 is 0. The highest BCUT2D eigenvalue weighted by molar-refractivity contribution is 7.95. The number of hydrogen-bond acceptors (Lipinski definition) is 4. The normalized spacial score (nSPS) is 11.4. The number of nitrogens with one attached hydrogen (secondary N) is 1. The number of nitro benzene ring substituents is 1. The summed E-state index contributed by atoms with van der Waals surface area (Å²) in [5.74, 6) is 0. The molecule has 0 saturated carbocycles. The van der Waals surface area contributed by atoms with Crippen LogP contribution in [-0.2, 0) is 10.0 Å². The summed E-state index contributed by atoms with van der Waals surface area (Å²) in [5.41, 5.74) is 0.919. The van der Waals surface area contributed by atoms with Crippen LogP contribution in [0.2, 0.25) is 0 Å². The van der Waals surface area contributed by atoms with Crippen molar-refractivity contribution in [1.29, 1.82) is 0 Å². The summed E-state index contributed by atoms with van der Waals surface area (Å²) in [6.07, 6.45) is 1.47. The lowest BCUT2D eigenvalue weighted by Gasteiger charge is -2.03. The van der Waals surface area contributed by atoms with E-state index in [4.69, 9.17) is 0 Å². The molecule has 0 bridgehead atoms. The third-order valence-corrected chi connectivity index (χ3v) is 3.59. The second kappa shape index (κ2) is 6.19. The lowest BCUT2D eigenvalue weighted by molar-refractivity contribution is -0.384. The molecule has 0 radical (unpaired) electrons. The molecule has 0 saturated heterocycles. The van der Waals surface area contributed by atoms with E-state index < -0.39 is 14.9 Å². The van der Waals surface area contributed by atoms with Gasteiger partial charge in [0.15, 0.2) is 0 Å². The molecule has 6 nitrogen and oxygen atoms in total. The zero-order chi connectivity index (χ0) is 15.3. The van der Waals surface area contributed by atoms with Gasteiger partial charge >= 0.3 is 0 Å². The number of non-ortho nitro benzene ring substituents is 1. The molecular weight excluding hydrogens is 292 g/mol. The highest BCUT2D eigenvalue weighted by Crippen LogP contribution is 2.17. The summed E-state index contributed by atoms with van der Waals surface area (Å²) in [5, 5.41) is 11.6. The zero-order valence-electron chi connectivity index (χ0n) is 10.8. The third kappa shape index (κ3) is 4.43. The van der Waals surface area contributed by atoms with Crippen molar-refractivity contribution in [2.75, 3.05) is 4.72 Å². The Morgan fingerprint density at radius 2 is 1.62 bits per heavy atom. The van der Waals surface area contributed by atoms with Crippen LogP contribution in [0.25, 0.3) is 6.08 Å². The van der Waals surface area contributed by atoms with Crippen molar-refractivity contribution in [1.82, 2.24) is 0 Å². The first-order valence-corrected chi connectivity index (χ1v) is 7.51. The standard InChI is InChI=1S/C14H12N2O4S/c17-16(18)14-8-6-13(7-9-14)15-21(19,20)11-10-12-4-2-1-3-5-12/h1-11,15H. The van der Waals surface area contributed by atoms with Crippen LogP contribution in [0.4, 0.5) is 11.4 Å². The van der Waals surface area contributed by atoms with Gasteiger partial charge in [0.05, 0.1) is 10.3 Å². The summed E-state index contributed by atoms with van der Waals surface area (Å²) in [6.45, 7) is 0. The molecule has 1 N–H and O–H groups in total. The number of benzene rings is 2. The maximum atomic E-state index is 11.9. The summed E-state index contributed by atoms with van der Waals surface area (Å²) in [4.78, 5) is 9.96. The van der Waals surface area contributed by atoms with Gasteiger partial charge in [-0.1, -0.05) is 30.3 Å². The van der Waals surface area contributed by atoms with Gasteiger partial charge in [-0.25, -0.2) is 8.42 Å². The van der Waals surface area contributed by atoms with Crippen LogP contribution in [0.5, 0.6) is 0 Å². The average molecular weight is 304 g/mol. The largest absolute Gasteiger partial charge is 0.280 e. The van der Waals surface area contributed by atoms with Crippen molar-refractivity contribution in [2.24, 2.45) is 0 Å². The number of sulfonamides is 1. The van der Waals surface area contributed by atoms with Crippen molar-refractivity contribution in [3.05, 3.63) is 75.7 Å². The van der Waals surface area contributed by atoms with Gasteiger partial charge < -0.3 is 0 Å². The van der Waals surface area contributed by atoms with Crippen molar-refractivity contribution in [3.8, 4) is 0 Å². The average Bonchev–Trinajstić information content (AvgIpc) is 2.46. The fourth-order valence-corrected chi connectivity index (χ4v) is 2.45. The molecule has 0 aliphatic carbocycles. The van der Waals surface area contributed by atoms with E-state index in [0.717, 1.165) is 11.0 Å². The lowest BCUT2D eigenvalue weighted by Crippen LogP contribution is -2.08. The van der Waals surface area contributed by atoms with E-state index in [1.165, 1.54) is 30.3 Å². The highest BCUT2D eigenvalue weighted by Gasteiger charge is 2.08. The van der Waals surface area contributed by atoms with E-state index in [0.29, 0.717) is 0 Å². The zero-order valence-corrected chi connectivity index (χ0v) is 11.7. The van der Waals surface area contributed by atoms with Gasteiger partial charge in [0, 0.05) is 17.8 Å². The van der Waals surface area contributed by atoms with Gasteiger partial charge in [-0.3, -0.25) is 14.8 Å². The lowest BCUT2D eigenvalue weighted by atomic mass is 10.2. The SMILES string of the molecule is O=[N+]([O-])c1ccc(NS(=O)(=O)C=Cc2ccccc2)cc1. The van der Waals surface area contributed by atoms with Gasteiger partial charge in [-0.05, 0) is 23.8 Å². The van der Waals surface area contributed by atoms with Crippen LogP contribution in [0.15, 0.2) is 60.0 Å². The minimum atomic E-state index is -3.67. The topological polar surface area (TPSA) is 89.3 Å². The van der Waals surface area contributed by atoms with E-state index in [-0.39, 0.29) is 11.4 Å². The van der Waals surface area contributed by atoms with Crippen molar-refractivity contribution < 1.29 is 13.3 Å². The second-order valence-electron chi connectivity index (χ2n) is 4.16. The van der Waals surface area contributed by atoms with Crippen LogP contribution in [-0.4, -0.2) is 13.3 Å². The Bertz CT molecular complexity index is 753. The second-order valence-corrected chi connectivity index (χ2v) is 5.73. The quantitative estimate of drug-likeness (QED) is 0.679. The van der Waals surface area contributed by atoms with E-state index in [1.54, 1.807) is 24.3 Å². The Kier molecular flexibility index (Phi) is 4.34. The Morgan fingerprint density at radius 3 is 2.19 bits per heavy atom. The molecule has 7 heteroatoms. The monoisotopic (exact) mass is 304 g/mol. The molecule has 0 aromatic heterocycles. The van der Waals surface area contributed by atoms with Crippen LogP contribution < -0.4 is 4.72 Å². The molecule has 2 aromatic carbocycles. The highest BCUT2D eigenvalue weighted by atomic mass is 32.2. The van der Waals surface area contributed by atoms with Gasteiger partial charge in [-0.2, -0.15) is 0 Å². The predicted molar refractivity (Wildman–Crippen MR) is 81.1 cm³/mol. The maximum Gasteiger partial charge on any atom is 0.269 e. The fourth-order valence-electron chi connectivity index (χ4n) is 1.58. The molecule has 108 valence electrons. The van der Waals surface area contributed by atoms with Crippen molar-refractivity contribution in [2.45, 2.75) is 0 Å². The first-order chi connectivity index (χ1) is 9.96. The maximum absolute atomic E-state index is 11.9. The summed E-state index contributed by atoms with van der Waals surface area (Å²) in [6, 6.07) is 14.1. The van der Waals surface area contributed by atoms with Crippen LogP contribution in [0, 0.1) is 10.1 Å². The van der Waals surface area contributed by atoms with Gasteiger partial charge in [0.2, 0.25) is 0 Å². The molecule has 0 unspecified atom stereocenters. The van der Waals surface area contributed by atoms with Crippen LogP contribution in [0.3, 0.4) is 0 Å². The first kappa shape index (κ1) is 14.7. The molecule has 2 rings (SSSR count). The van der Waals surface area contributed by atoms with E-state index in [2.05, 4.69) is 4.72 Å². The molecule has 0 heterocycles.